The lowest BCUT2D eigenvalue weighted by atomic mass is 10.1. The first-order chi connectivity index (χ1) is 12.8. The minimum atomic E-state index is 0.330. The number of nitrogens with one attached hydrogen (secondary N) is 1. The molecule has 3 aromatic heterocycles. The molecular formula is C20H18N6. The standard InChI is InChI=1S/C20H18N6/c1-26-20-17(12-22-26)19(24-18(25-20)13-6-8-21-9-7-13)23-16-10-14-4-2-3-5-15(14)11-16/h2-9,12,16H,10-11H2,1H3,(H,23,24,25). The van der Waals surface area contributed by atoms with Crippen molar-refractivity contribution in [3.8, 4) is 11.4 Å². The number of fused-ring (bicyclic) bond motifs is 2. The number of nitrogens with zero attached hydrogens (tertiary/aromatic N) is 5. The van der Waals surface area contributed by atoms with E-state index in [9.17, 15) is 0 Å². The van der Waals surface area contributed by atoms with Crippen molar-refractivity contribution in [1.82, 2.24) is 24.7 Å². The van der Waals surface area contributed by atoms with Gasteiger partial charge in [-0.15, -0.1) is 0 Å². The summed E-state index contributed by atoms with van der Waals surface area (Å²) < 4.78 is 1.79. The molecule has 1 aliphatic rings. The molecule has 0 unspecified atom stereocenters. The van der Waals surface area contributed by atoms with E-state index in [-0.39, 0.29) is 0 Å². The molecule has 0 amide bonds. The number of anilines is 1. The Morgan fingerprint density at radius 2 is 1.73 bits per heavy atom. The molecule has 0 atom stereocenters. The maximum absolute atomic E-state index is 4.81. The molecule has 3 heterocycles. The second-order valence-electron chi connectivity index (χ2n) is 6.66. The Hall–Kier alpha value is -3.28. The smallest absolute Gasteiger partial charge is 0.164 e. The summed E-state index contributed by atoms with van der Waals surface area (Å²) in [4.78, 5) is 13.6. The molecule has 0 saturated carbocycles. The van der Waals surface area contributed by atoms with E-state index in [1.165, 1.54) is 11.1 Å². The quantitative estimate of drug-likeness (QED) is 0.620. The van der Waals surface area contributed by atoms with Gasteiger partial charge in [0.05, 0.1) is 11.6 Å². The summed E-state index contributed by atoms with van der Waals surface area (Å²) in [6, 6.07) is 12.8. The van der Waals surface area contributed by atoms with E-state index in [1.54, 1.807) is 17.1 Å². The molecule has 0 fully saturated rings. The van der Waals surface area contributed by atoms with Crippen molar-refractivity contribution in [2.24, 2.45) is 7.05 Å². The van der Waals surface area contributed by atoms with Crippen LogP contribution in [0.2, 0.25) is 0 Å². The predicted octanol–water partition coefficient (Wildman–Crippen LogP) is 3.00. The third kappa shape index (κ3) is 2.50. The molecular weight excluding hydrogens is 324 g/mol. The zero-order chi connectivity index (χ0) is 17.5. The molecule has 4 aromatic rings. The third-order valence-electron chi connectivity index (χ3n) is 4.92. The maximum Gasteiger partial charge on any atom is 0.164 e. The van der Waals surface area contributed by atoms with Gasteiger partial charge in [0.1, 0.15) is 5.82 Å². The summed E-state index contributed by atoms with van der Waals surface area (Å²) in [6.45, 7) is 0. The molecule has 0 radical (unpaired) electrons. The summed E-state index contributed by atoms with van der Waals surface area (Å²) >= 11 is 0. The lowest BCUT2D eigenvalue weighted by molar-refractivity contribution is 0.769. The highest BCUT2D eigenvalue weighted by atomic mass is 15.3. The first-order valence-electron chi connectivity index (χ1n) is 8.71. The number of benzene rings is 1. The zero-order valence-corrected chi connectivity index (χ0v) is 14.4. The number of pyridine rings is 1. The van der Waals surface area contributed by atoms with Gasteiger partial charge >= 0.3 is 0 Å². The Morgan fingerprint density at radius 3 is 2.46 bits per heavy atom. The van der Waals surface area contributed by atoms with Gasteiger partial charge in [0.2, 0.25) is 0 Å². The minimum Gasteiger partial charge on any atom is -0.366 e. The largest absolute Gasteiger partial charge is 0.366 e. The van der Waals surface area contributed by atoms with Crippen molar-refractivity contribution in [2.75, 3.05) is 5.32 Å². The van der Waals surface area contributed by atoms with Crippen LogP contribution >= 0.6 is 0 Å². The van der Waals surface area contributed by atoms with Gasteiger partial charge in [-0.1, -0.05) is 24.3 Å². The molecule has 6 nitrogen and oxygen atoms in total. The van der Waals surface area contributed by atoms with Crippen molar-refractivity contribution in [1.29, 1.82) is 0 Å². The Bertz CT molecular complexity index is 1060. The second kappa shape index (κ2) is 5.91. The fourth-order valence-corrected chi connectivity index (χ4v) is 3.62. The van der Waals surface area contributed by atoms with Gasteiger partial charge in [-0.3, -0.25) is 9.67 Å². The molecule has 0 bridgehead atoms. The number of aromatic nitrogens is 5. The van der Waals surface area contributed by atoms with Gasteiger partial charge in [-0.25, -0.2) is 9.97 Å². The molecule has 0 spiro atoms. The Balaban J connectivity index is 1.55. The summed E-state index contributed by atoms with van der Waals surface area (Å²) in [6.07, 6.45) is 7.36. The van der Waals surface area contributed by atoms with Crippen LogP contribution in [0.4, 0.5) is 5.82 Å². The monoisotopic (exact) mass is 342 g/mol. The lowest BCUT2D eigenvalue weighted by Gasteiger charge is -2.14. The van der Waals surface area contributed by atoms with E-state index in [0.717, 1.165) is 35.3 Å². The minimum absolute atomic E-state index is 0.330. The first-order valence-corrected chi connectivity index (χ1v) is 8.71. The highest BCUT2D eigenvalue weighted by Gasteiger charge is 2.23. The SMILES string of the molecule is Cn1ncc2c(NC3Cc4ccccc4C3)nc(-c3ccncc3)nc21. The van der Waals surface area contributed by atoms with E-state index >= 15 is 0 Å². The van der Waals surface area contributed by atoms with Gasteiger partial charge in [0.25, 0.3) is 0 Å². The highest BCUT2D eigenvalue weighted by molar-refractivity contribution is 5.88. The van der Waals surface area contributed by atoms with Crippen molar-refractivity contribution in [3.05, 3.63) is 66.1 Å². The topological polar surface area (TPSA) is 68.5 Å². The number of hydrogen-bond acceptors (Lipinski definition) is 5. The zero-order valence-electron chi connectivity index (χ0n) is 14.4. The molecule has 1 N–H and O–H groups in total. The van der Waals surface area contributed by atoms with Crippen molar-refractivity contribution in [2.45, 2.75) is 18.9 Å². The van der Waals surface area contributed by atoms with Crippen molar-refractivity contribution < 1.29 is 0 Å². The summed E-state index contributed by atoms with van der Waals surface area (Å²) in [5.41, 5.74) is 4.59. The predicted molar refractivity (Wildman–Crippen MR) is 101 cm³/mol. The van der Waals surface area contributed by atoms with E-state index in [2.05, 4.69) is 39.7 Å². The van der Waals surface area contributed by atoms with Gasteiger partial charge in [-0.05, 0) is 36.1 Å². The Morgan fingerprint density at radius 1 is 1.00 bits per heavy atom. The van der Waals surface area contributed by atoms with Crippen LogP contribution in [0.25, 0.3) is 22.4 Å². The number of aryl methyl sites for hydroxylation is 1. The van der Waals surface area contributed by atoms with Gasteiger partial charge in [-0.2, -0.15) is 5.10 Å². The summed E-state index contributed by atoms with van der Waals surface area (Å²) in [5.74, 6) is 1.52. The first kappa shape index (κ1) is 15.0. The average Bonchev–Trinajstić information content (AvgIpc) is 3.26. The molecule has 5 rings (SSSR count). The van der Waals surface area contributed by atoms with E-state index in [1.807, 2.05) is 25.4 Å². The van der Waals surface area contributed by atoms with Gasteiger partial charge < -0.3 is 5.32 Å². The molecule has 6 heteroatoms. The van der Waals surface area contributed by atoms with Crippen LogP contribution in [0.5, 0.6) is 0 Å². The number of hydrogen-bond donors (Lipinski definition) is 1. The Kier molecular flexibility index (Phi) is 3.41. The van der Waals surface area contributed by atoms with E-state index in [4.69, 9.17) is 9.97 Å². The van der Waals surface area contributed by atoms with Crippen LogP contribution in [-0.4, -0.2) is 30.8 Å². The van der Waals surface area contributed by atoms with Crippen molar-refractivity contribution in [3.63, 3.8) is 0 Å². The third-order valence-corrected chi connectivity index (χ3v) is 4.92. The van der Waals surface area contributed by atoms with Crippen LogP contribution in [0.3, 0.4) is 0 Å². The highest BCUT2D eigenvalue weighted by Crippen LogP contribution is 2.28. The van der Waals surface area contributed by atoms with Crippen LogP contribution in [-0.2, 0) is 19.9 Å². The molecule has 1 aromatic carbocycles. The number of rotatable bonds is 3. The lowest BCUT2D eigenvalue weighted by Crippen LogP contribution is -2.20. The molecule has 1 aliphatic carbocycles. The van der Waals surface area contributed by atoms with Gasteiger partial charge in [0, 0.05) is 31.0 Å². The average molecular weight is 342 g/mol. The second-order valence-corrected chi connectivity index (χ2v) is 6.66. The maximum atomic E-state index is 4.81. The molecule has 0 aliphatic heterocycles. The van der Waals surface area contributed by atoms with E-state index < -0.39 is 0 Å². The summed E-state index contributed by atoms with van der Waals surface area (Å²) in [7, 11) is 1.90. The fraction of sp³-hybridized carbons (Fsp3) is 0.200. The fourth-order valence-electron chi connectivity index (χ4n) is 3.62. The molecule has 128 valence electrons. The Labute approximate surface area is 150 Å². The molecule has 26 heavy (non-hydrogen) atoms. The van der Waals surface area contributed by atoms with Crippen molar-refractivity contribution >= 4 is 16.9 Å². The van der Waals surface area contributed by atoms with Crippen LogP contribution in [0, 0.1) is 0 Å². The summed E-state index contributed by atoms with van der Waals surface area (Å²) in [5, 5.41) is 8.95. The molecule has 0 saturated heterocycles. The van der Waals surface area contributed by atoms with Gasteiger partial charge in [0.15, 0.2) is 11.5 Å². The van der Waals surface area contributed by atoms with Crippen LogP contribution in [0.1, 0.15) is 11.1 Å². The van der Waals surface area contributed by atoms with E-state index in [0.29, 0.717) is 11.9 Å². The van der Waals surface area contributed by atoms with Crippen LogP contribution in [0.15, 0.2) is 55.0 Å². The van der Waals surface area contributed by atoms with Crippen LogP contribution < -0.4 is 5.32 Å². The normalized spacial score (nSPS) is 13.9.